The van der Waals surface area contributed by atoms with Crippen LogP contribution in [0.25, 0.3) is 10.8 Å². The number of anilines is 1. The summed E-state index contributed by atoms with van der Waals surface area (Å²) >= 11 is 6.58. The number of nitrogens with zero attached hydrogens (tertiary/aromatic N) is 1. The molecule has 0 spiro atoms. The largest absolute Gasteiger partial charge is 0.279 e. The summed E-state index contributed by atoms with van der Waals surface area (Å²) < 4.78 is 27.1. The van der Waals surface area contributed by atoms with Gasteiger partial charge in [-0.3, -0.25) is 4.72 Å². The van der Waals surface area contributed by atoms with Crippen LogP contribution < -0.4 is 4.72 Å². The van der Waals surface area contributed by atoms with Gasteiger partial charge in [0.2, 0.25) is 0 Å². The van der Waals surface area contributed by atoms with Crippen molar-refractivity contribution in [2.45, 2.75) is 4.21 Å². The van der Waals surface area contributed by atoms with E-state index >= 15 is 0 Å². The Morgan fingerprint density at radius 1 is 1.10 bits per heavy atom. The number of sulfonamides is 1. The molecule has 3 aromatic rings. The van der Waals surface area contributed by atoms with E-state index in [2.05, 4.69) is 9.71 Å². The van der Waals surface area contributed by atoms with Crippen molar-refractivity contribution < 1.29 is 8.42 Å². The minimum absolute atomic E-state index is 0.0932. The maximum Gasteiger partial charge on any atom is 0.273 e. The molecule has 7 heteroatoms. The Hall–Kier alpha value is -1.63. The normalized spacial score (nSPS) is 11.7. The van der Waals surface area contributed by atoms with Crippen LogP contribution in [0, 0.1) is 0 Å². The molecular weight excluding hydrogens is 316 g/mol. The monoisotopic (exact) mass is 324 g/mol. The Kier molecular flexibility index (Phi) is 3.37. The number of halogens is 1. The highest BCUT2D eigenvalue weighted by Crippen LogP contribution is 2.26. The van der Waals surface area contributed by atoms with Gasteiger partial charge in [-0.15, -0.1) is 0 Å². The van der Waals surface area contributed by atoms with Crippen molar-refractivity contribution in [1.82, 2.24) is 4.98 Å². The fourth-order valence-corrected chi connectivity index (χ4v) is 4.16. The number of thiazole rings is 1. The maximum atomic E-state index is 12.2. The predicted octanol–water partition coefficient (Wildman–Crippen LogP) is 3.75. The number of nitrogens with one attached hydrogen (secondary N) is 1. The summed E-state index contributed by atoms with van der Waals surface area (Å²) in [6.45, 7) is 0. The lowest BCUT2D eigenvalue weighted by molar-refractivity contribution is 0.603. The van der Waals surface area contributed by atoms with Gasteiger partial charge in [-0.25, -0.2) is 13.4 Å². The third kappa shape index (κ3) is 2.63. The number of fused-ring (bicyclic) bond motifs is 1. The second-order valence-electron chi connectivity index (χ2n) is 4.10. The van der Waals surface area contributed by atoms with Crippen molar-refractivity contribution >= 4 is 49.4 Å². The lowest BCUT2D eigenvalue weighted by Gasteiger charge is -2.07. The second-order valence-corrected chi connectivity index (χ2v) is 7.62. The quantitative estimate of drug-likeness (QED) is 0.798. The van der Waals surface area contributed by atoms with Gasteiger partial charge in [0.15, 0.2) is 8.68 Å². The first kappa shape index (κ1) is 13.4. The summed E-state index contributed by atoms with van der Waals surface area (Å²) in [4.78, 5) is 3.74. The smallest absolute Gasteiger partial charge is 0.273 e. The molecule has 1 aromatic heterocycles. The number of rotatable bonds is 3. The van der Waals surface area contributed by atoms with Gasteiger partial charge in [0.05, 0.1) is 6.20 Å². The maximum absolute atomic E-state index is 12.2. The van der Waals surface area contributed by atoms with Crippen LogP contribution in [-0.2, 0) is 10.0 Å². The van der Waals surface area contributed by atoms with Crippen LogP contribution in [0.3, 0.4) is 0 Å². The minimum Gasteiger partial charge on any atom is -0.279 e. The number of hydrogen-bond acceptors (Lipinski definition) is 4. The molecule has 0 atom stereocenters. The highest BCUT2D eigenvalue weighted by atomic mass is 35.5. The summed E-state index contributed by atoms with van der Waals surface area (Å²) in [6.07, 6.45) is 1.25. The molecule has 4 nitrogen and oxygen atoms in total. The van der Waals surface area contributed by atoms with E-state index in [1.165, 1.54) is 6.20 Å². The van der Waals surface area contributed by atoms with Crippen molar-refractivity contribution in [3.8, 4) is 0 Å². The topological polar surface area (TPSA) is 59.1 Å². The summed E-state index contributed by atoms with van der Waals surface area (Å²) in [5.74, 6) is 0. The summed E-state index contributed by atoms with van der Waals surface area (Å²) in [6, 6.07) is 13.1. The van der Waals surface area contributed by atoms with Gasteiger partial charge in [0.25, 0.3) is 10.0 Å². The zero-order chi connectivity index (χ0) is 14.2. The van der Waals surface area contributed by atoms with E-state index in [9.17, 15) is 8.42 Å². The molecular formula is C13H9ClN2O2S2. The van der Waals surface area contributed by atoms with E-state index in [4.69, 9.17) is 11.6 Å². The molecule has 0 saturated carbocycles. The molecule has 1 N–H and O–H groups in total. The van der Waals surface area contributed by atoms with Crippen LogP contribution >= 0.6 is 22.9 Å². The van der Waals surface area contributed by atoms with E-state index in [1.807, 2.05) is 30.3 Å². The molecule has 0 fully saturated rings. The molecule has 0 aliphatic carbocycles. The van der Waals surface area contributed by atoms with Crippen molar-refractivity contribution in [2.24, 2.45) is 0 Å². The third-order valence-electron chi connectivity index (χ3n) is 2.72. The van der Waals surface area contributed by atoms with Crippen molar-refractivity contribution in [3.05, 3.63) is 53.1 Å². The average Bonchev–Trinajstić information content (AvgIpc) is 2.86. The molecule has 0 bridgehead atoms. The van der Waals surface area contributed by atoms with Crippen molar-refractivity contribution in [1.29, 1.82) is 0 Å². The SMILES string of the molecule is O=S(=O)(Nc1ccc2ccccc2c1)c1cnc(Cl)s1. The summed E-state index contributed by atoms with van der Waals surface area (Å²) in [5.41, 5.74) is 0.508. The standard InChI is InChI=1S/C13H9ClN2O2S2/c14-13-15-8-12(19-13)20(17,18)16-11-6-5-9-3-1-2-4-10(9)7-11/h1-8,16H. The first-order valence-corrected chi connectivity index (χ1v) is 8.35. The van der Waals surface area contributed by atoms with E-state index in [0.717, 1.165) is 22.1 Å². The van der Waals surface area contributed by atoms with Gasteiger partial charge >= 0.3 is 0 Å². The average molecular weight is 325 g/mol. The van der Waals surface area contributed by atoms with Crippen LogP contribution in [0.2, 0.25) is 4.47 Å². The molecule has 0 aliphatic rings. The Morgan fingerprint density at radius 3 is 2.55 bits per heavy atom. The van der Waals surface area contributed by atoms with Crippen LogP contribution in [0.5, 0.6) is 0 Å². The number of hydrogen-bond donors (Lipinski definition) is 1. The minimum atomic E-state index is -3.64. The van der Waals surface area contributed by atoms with Crippen LogP contribution in [0.15, 0.2) is 52.9 Å². The number of aromatic nitrogens is 1. The molecule has 3 rings (SSSR count). The van der Waals surface area contributed by atoms with Gasteiger partial charge in [-0.2, -0.15) is 0 Å². The molecule has 0 saturated heterocycles. The molecule has 0 unspecified atom stereocenters. The third-order valence-corrected chi connectivity index (χ3v) is 5.68. The van der Waals surface area contributed by atoms with Crippen molar-refractivity contribution in [3.63, 3.8) is 0 Å². The lowest BCUT2D eigenvalue weighted by atomic mass is 10.1. The molecule has 102 valence electrons. The predicted molar refractivity (Wildman–Crippen MR) is 81.9 cm³/mol. The Balaban J connectivity index is 1.96. The number of benzene rings is 2. The molecule has 0 radical (unpaired) electrons. The van der Waals surface area contributed by atoms with Crippen LogP contribution in [0.1, 0.15) is 0 Å². The summed E-state index contributed by atoms with van der Waals surface area (Å²) in [5, 5.41) is 2.02. The molecule has 0 aliphatic heterocycles. The van der Waals surface area contributed by atoms with Gasteiger partial charge in [0.1, 0.15) is 0 Å². The molecule has 2 aromatic carbocycles. The fourth-order valence-electron chi connectivity index (χ4n) is 1.82. The Morgan fingerprint density at radius 2 is 1.85 bits per heavy atom. The van der Waals surface area contributed by atoms with Gasteiger partial charge in [-0.1, -0.05) is 53.3 Å². The van der Waals surface area contributed by atoms with Gasteiger partial charge in [-0.05, 0) is 22.9 Å². The van der Waals surface area contributed by atoms with Crippen LogP contribution in [0.4, 0.5) is 5.69 Å². The second kappa shape index (κ2) is 5.05. The molecule has 1 heterocycles. The summed E-state index contributed by atoms with van der Waals surface area (Å²) in [7, 11) is -3.64. The zero-order valence-corrected chi connectivity index (χ0v) is 12.5. The Bertz CT molecular complexity index is 875. The van der Waals surface area contributed by atoms with Gasteiger partial charge in [0, 0.05) is 5.69 Å². The Labute approximate surface area is 125 Å². The molecule has 20 heavy (non-hydrogen) atoms. The van der Waals surface area contributed by atoms with Crippen LogP contribution in [-0.4, -0.2) is 13.4 Å². The first-order valence-electron chi connectivity index (χ1n) is 5.67. The first-order chi connectivity index (χ1) is 9.54. The van der Waals surface area contributed by atoms with Crippen molar-refractivity contribution in [2.75, 3.05) is 4.72 Å². The fraction of sp³-hybridized carbons (Fsp3) is 0. The molecule has 0 amide bonds. The zero-order valence-electron chi connectivity index (χ0n) is 10.1. The van der Waals surface area contributed by atoms with E-state index in [0.29, 0.717) is 5.69 Å². The van der Waals surface area contributed by atoms with E-state index in [1.54, 1.807) is 12.1 Å². The lowest BCUT2D eigenvalue weighted by Crippen LogP contribution is -2.11. The van der Waals surface area contributed by atoms with E-state index < -0.39 is 10.0 Å². The van der Waals surface area contributed by atoms with Gasteiger partial charge < -0.3 is 0 Å². The van der Waals surface area contributed by atoms with E-state index in [-0.39, 0.29) is 8.68 Å². The highest BCUT2D eigenvalue weighted by Gasteiger charge is 2.17. The highest BCUT2D eigenvalue weighted by molar-refractivity contribution is 7.94.